The summed E-state index contributed by atoms with van der Waals surface area (Å²) in [5.41, 5.74) is 0. The third kappa shape index (κ3) is 4.47. The number of nitrogens with zero attached hydrogens (tertiary/aromatic N) is 2. The Morgan fingerprint density at radius 3 is 2.53 bits per heavy atom. The predicted octanol–water partition coefficient (Wildman–Crippen LogP) is 1.72. The Kier molecular flexibility index (Phi) is 5.68. The minimum Gasteiger partial charge on any atom is -0.480 e. The monoisotopic (exact) mass is 286 g/mol. The Balaban J connectivity index is 2.60. The molecule has 0 radical (unpaired) electrons. The summed E-state index contributed by atoms with van der Waals surface area (Å²) in [6.45, 7) is 5.59. The number of carboxylic acids is 1. The van der Waals surface area contributed by atoms with E-state index in [9.17, 15) is 9.59 Å². The van der Waals surface area contributed by atoms with E-state index in [0.29, 0.717) is 11.6 Å². The molecule has 1 aromatic rings. The largest absolute Gasteiger partial charge is 0.480 e. The first-order chi connectivity index (χ1) is 8.97. The van der Waals surface area contributed by atoms with Crippen LogP contribution in [0, 0.1) is 5.92 Å². The molecule has 0 saturated heterocycles. The van der Waals surface area contributed by atoms with Crippen LogP contribution in [0.2, 0.25) is 0 Å². The third-order valence-electron chi connectivity index (χ3n) is 2.76. The van der Waals surface area contributed by atoms with Gasteiger partial charge in [0, 0.05) is 0 Å². The lowest BCUT2D eigenvalue weighted by atomic mass is 10.00. The molecule has 1 rings (SSSR count). The van der Waals surface area contributed by atoms with Crippen molar-refractivity contribution in [2.24, 2.45) is 5.92 Å². The Labute approximate surface area is 115 Å². The molecule has 1 aromatic heterocycles. The first-order valence-electron chi connectivity index (χ1n) is 6.10. The highest BCUT2D eigenvalue weighted by Crippen LogP contribution is 2.15. The molecule has 2 amide bonds. The fourth-order valence-electron chi connectivity index (χ4n) is 1.40. The van der Waals surface area contributed by atoms with Crippen LogP contribution in [0.3, 0.4) is 0 Å². The zero-order valence-electron chi connectivity index (χ0n) is 11.1. The highest BCUT2D eigenvalue weighted by atomic mass is 32.1. The van der Waals surface area contributed by atoms with Gasteiger partial charge in [-0.05, 0) is 12.3 Å². The molecule has 3 N–H and O–H groups in total. The van der Waals surface area contributed by atoms with Gasteiger partial charge >= 0.3 is 12.0 Å². The summed E-state index contributed by atoms with van der Waals surface area (Å²) in [5.74, 6) is -1.19. The van der Waals surface area contributed by atoms with E-state index in [4.69, 9.17) is 5.11 Å². The fourth-order valence-corrected chi connectivity index (χ4v) is 2.08. The second kappa shape index (κ2) is 7.03. The van der Waals surface area contributed by atoms with Gasteiger partial charge in [0.1, 0.15) is 11.0 Å². The van der Waals surface area contributed by atoms with Crippen molar-refractivity contribution in [3.8, 4) is 0 Å². The molecular formula is C11H18N4O3S. The van der Waals surface area contributed by atoms with E-state index in [1.54, 1.807) is 6.92 Å². The molecule has 0 aliphatic carbocycles. The molecule has 0 fully saturated rings. The summed E-state index contributed by atoms with van der Waals surface area (Å²) in [6.07, 6.45) is 1.40. The second-order valence-corrected chi connectivity index (χ2v) is 5.22. The molecule has 7 nitrogen and oxygen atoms in total. The van der Waals surface area contributed by atoms with Gasteiger partial charge < -0.3 is 10.4 Å². The van der Waals surface area contributed by atoms with Crippen LogP contribution in [0.15, 0.2) is 0 Å². The SMILES string of the molecule is CCc1nnc(NC(=O)NC(C(=O)O)C(C)CC)s1. The lowest BCUT2D eigenvalue weighted by molar-refractivity contribution is -0.140. The molecule has 0 aliphatic heterocycles. The van der Waals surface area contributed by atoms with Crippen molar-refractivity contribution in [3.05, 3.63) is 5.01 Å². The molecule has 2 atom stereocenters. The number of rotatable bonds is 6. The molecular weight excluding hydrogens is 268 g/mol. The molecule has 2 unspecified atom stereocenters. The highest BCUT2D eigenvalue weighted by Gasteiger charge is 2.25. The third-order valence-corrected chi connectivity index (χ3v) is 3.74. The van der Waals surface area contributed by atoms with Crippen LogP contribution >= 0.6 is 11.3 Å². The number of hydrogen-bond acceptors (Lipinski definition) is 5. The minimum absolute atomic E-state index is 0.149. The van der Waals surface area contributed by atoms with Gasteiger partial charge in [0.25, 0.3) is 0 Å². The van der Waals surface area contributed by atoms with Crippen LogP contribution in [0.4, 0.5) is 9.93 Å². The van der Waals surface area contributed by atoms with E-state index in [1.807, 2.05) is 13.8 Å². The summed E-state index contributed by atoms with van der Waals surface area (Å²) in [5, 5.41) is 22.8. The molecule has 0 bridgehead atoms. The van der Waals surface area contributed by atoms with Crippen LogP contribution in [0.1, 0.15) is 32.2 Å². The number of urea groups is 1. The molecule has 0 spiro atoms. The standard InChI is InChI=1S/C11H18N4O3S/c1-4-6(3)8(9(16)17)12-10(18)13-11-15-14-7(5-2)19-11/h6,8H,4-5H2,1-3H3,(H,16,17)(H2,12,13,15,18). The molecule has 0 aromatic carbocycles. The Morgan fingerprint density at radius 2 is 2.05 bits per heavy atom. The summed E-state index contributed by atoms with van der Waals surface area (Å²) in [4.78, 5) is 22.8. The maximum absolute atomic E-state index is 11.7. The van der Waals surface area contributed by atoms with Crippen LogP contribution in [0.5, 0.6) is 0 Å². The van der Waals surface area contributed by atoms with E-state index in [1.165, 1.54) is 11.3 Å². The van der Waals surface area contributed by atoms with Crippen molar-refractivity contribution < 1.29 is 14.7 Å². The topological polar surface area (TPSA) is 104 Å². The zero-order valence-corrected chi connectivity index (χ0v) is 12.0. The number of anilines is 1. The van der Waals surface area contributed by atoms with Crippen LogP contribution in [0.25, 0.3) is 0 Å². The average Bonchev–Trinajstić information content (AvgIpc) is 2.82. The number of aromatic nitrogens is 2. The highest BCUT2D eigenvalue weighted by molar-refractivity contribution is 7.15. The van der Waals surface area contributed by atoms with Gasteiger partial charge in [-0.25, -0.2) is 9.59 Å². The molecule has 106 valence electrons. The molecule has 1 heterocycles. The van der Waals surface area contributed by atoms with E-state index >= 15 is 0 Å². The lowest BCUT2D eigenvalue weighted by Gasteiger charge is -2.19. The van der Waals surface area contributed by atoms with Crippen molar-refractivity contribution in [2.75, 3.05) is 5.32 Å². The summed E-state index contributed by atoms with van der Waals surface area (Å²) in [6, 6.07) is -1.49. The Morgan fingerprint density at radius 1 is 1.37 bits per heavy atom. The molecule has 19 heavy (non-hydrogen) atoms. The van der Waals surface area contributed by atoms with E-state index in [0.717, 1.165) is 11.4 Å². The number of carbonyl (C=O) groups is 2. The van der Waals surface area contributed by atoms with Crippen molar-refractivity contribution in [1.29, 1.82) is 0 Å². The fraction of sp³-hybridized carbons (Fsp3) is 0.636. The number of carboxylic acid groups (broad SMARTS) is 1. The Hall–Kier alpha value is -1.70. The predicted molar refractivity (Wildman–Crippen MR) is 72.3 cm³/mol. The van der Waals surface area contributed by atoms with Crippen LogP contribution < -0.4 is 10.6 Å². The quantitative estimate of drug-likeness (QED) is 0.738. The van der Waals surface area contributed by atoms with Crippen molar-refractivity contribution in [2.45, 2.75) is 39.7 Å². The van der Waals surface area contributed by atoms with Gasteiger partial charge in [0.05, 0.1) is 0 Å². The maximum atomic E-state index is 11.7. The molecule has 0 saturated carbocycles. The lowest BCUT2D eigenvalue weighted by Crippen LogP contribution is -2.46. The number of hydrogen-bond donors (Lipinski definition) is 3. The van der Waals surface area contributed by atoms with Gasteiger partial charge in [0.2, 0.25) is 5.13 Å². The molecule has 0 aliphatic rings. The summed E-state index contributed by atoms with van der Waals surface area (Å²) >= 11 is 1.27. The number of nitrogens with one attached hydrogen (secondary N) is 2. The maximum Gasteiger partial charge on any atom is 0.326 e. The van der Waals surface area contributed by atoms with Crippen LogP contribution in [-0.4, -0.2) is 33.3 Å². The number of aliphatic carboxylic acids is 1. The smallest absolute Gasteiger partial charge is 0.326 e. The second-order valence-electron chi connectivity index (χ2n) is 4.15. The van der Waals surface area contributed by atoms with Gasteiger partial charge in [-0.1, -0.05) is 38.5 Å². The van der Waals surface area contributed by atoms with E-state index in [2.05, 4.69) is 20.8 Å². The number of aryl methyl sites for hydroxylation is 1. The number of carbonyl (C=O) groups excluding carboxylic acids is 1. The van der Waals surface area contributed by atoms with E-state index in [-0.39, 0.29) is 5.92 Å². The minimum atomic E-state index is -1.05. The first-order valence-corrected chi connectivity index (χ1v) is 6.92. The normalized spacial score (nSPS) is 13.6. The molecule has 8 heteroatoms. The van der Waals surface area contributed by atoms with Crippen molar-refractivity contribution in [3.63, 3.8) is 0 Å². The summed E-state index contributed by atoms with van der Waals surface area (Å²) < 4.78 is 0. The number of amides is 2. The van der Waals surface area contributed by atoms with Gasteiger partial charge in [-0.2, -0.15) is 0 Å². The van der Waals surface area contributed by atoms with Crippen molar-refractivity contribution >= 4 is 28.5 Å². The average molecular weight is 286 g/mol. The van der Waals surface area contributed by atoms with Crippen molar-refractivity contribution in [1.82, 2.24) is 15.5 Å². The van der Waals surface area contributed by atoms with E-state index < -0.39 is 18.0 Å². The Bertz CT molecular complexity index is 449. The van der Waals surface area contributed by atoms with Crippen LogP contribution in [-0.2, 0) is 11.2 Å². The summed E-state index contributed by atoms with van der Waals surface area (Å²) in [7, 11) is 0. The van der Waals surface area contributed by atoms with Gasteiger partial charge in [-0.15, -0.1) is 10.2 Å². The van der Waals surface area contributed by atoms with Gasteiger partial charge in [-0.3, -0.25) is 5.32 Å². The van der Waals surface area contributed by atoms with Gasteiger partial charge in [0.15, 0.2) is 0 Å². The first kappa shape index (κ1) is 15.4. The zero-order chi connectivity index (χ0) is 14.4.